The second-order valence-electron chi connectivity index (χ2n) is 10.4. The molecule has 0 aromatic rings. The molecule has 0 rings (SSSR count). The Labute approximate surface area is 212 Å². The molecule has 2 nitrogen and oxygen atoms in total. The van der Waals surface area contributed by atoms with Gasteiger partial charge in [-0.15, -0.1) is 0 Å². The first kappa shape index (κ1) is 32.9. The summed E-state index contributed by atoms with van der Waals surface area (Å²) in [5, 5.41) is 0. The molecule has 0 bridgehead atoms. The molecule has 198 valence electrons. The molecule has 0 fully saturated rings. The van der Waals surface area contributed by atoms with Crippen LogP contribution >= 0.6 is 17.2 Å². The Balaban J connectivity index is 5.14. The molecule has 0 aliphatic rings. The summed E-state index contributed by atoms with van der Waals surface area (Å²) in [4.78, 5) is 12.2. The average Bonchev–Trinajstić information content (AvgIpc) is 2.80. The van der Waals surface area contributed by atoms with E-state index in [4.69, 9.17) is 16.0 Å². The first-order valence-electron chi connectivity index (χ1n) is 14.5. The summed E-state index contributed by atoms with van der Waals surface area (Å²) in [6.45, 7) is 10.4. The van der Waals surface area contributed by atoms with Crippen molar-refractivity contribution in [3.63, 3.8) is 0 Å². The minimum absolute atomic E-state index is 0.159. The molecule has 0 aliphatic heterocycles. The summed E-state index contributed by atoms with van der Waals surface area (Å²) in [6, 6.07) is 0. The van der Waals surface area contributed by atoms with Crippen molar-refractivity contribution in [1.29, 1.82) is 0 Å². The van der Waals surface area contributed by atoms with E-state index in [1.807, 2.05) is 0 Å². The summed E-state index contributed by atoms with van der Waals surface area (Å²) in [5.74, 6) is -2.61. The number of rotatable bonds is 25. The molecule has 0 N–H and O–H groups in total. The van der Waals surface area contributed by atoms with Gasteiger partial charge in [-0.2, -0.15) is 0 Å². The minimum atomic E-state index is -2.45. The van der Waals surface area contributed by atoms with Crippen LogP contribution in [0.4, 0.5) is 0 Å². The fraction of sp³-hybridized carbons (Fsp3) is 0.897. The molecule has 0 saturated carbocycles. The van der Waals surface area contributed by atoms with Gasteiger partial charge in [-0.25, -0.2) is 0 Å². The van der Waals surface area contributed by atoms with Gasteiger partial charge in [-0.05, 0) is 0 Å². The van der Waals surface area contributed by atoms with Gasteiger partial charge in [0, 0.05) is 0 Å². The molecular formula is C29H58ClO2P. The van der Waals surface area contributed by atoms with Gasteiger partial charge in [0.1, 0.15) is 0 Å². The van der Waals surface area contributed by atoms with Crippen LogP contribution in [0.25, 0.3) is 0 Å². The number of ether oxygens (including phenoxy) is 1. The number of carbonyl (C=O) groups is 1. The second-order valence-corrected chi connectivity index (χ2v) is 18.7. The zero-order valence-corrected chi connectivity index (χ0v) is 24.3. The molecular weight excluding hydrogens is 447 g/mol. The van der Waals surface area contributed by atoms with Crippen LogP contribution in [0.2, 0.25) is 0 Å². The monoisotopic (exact) mass is 504 g/mol. The van der Waals surface area contributed by atoms with Crippen LogP contribution < -0.4 is 0 Å². The van der Waals surface area contributed by atoms with Crippen LogP contribution in [0.15, 0.2) is 12.8 Å². The maximum atomic E-state index is 12.2. The predicted octanol–water partition coefficient (Wildman–Crippen LogP) is 10.9. The normalized spacial score (nSPS) is 12.9. The Morgan fingerprint density at radius 1 is 0.636 bits per heavy atom. The van der Waals surface area contributed by atoms with Gasteiger partial charge < -0.3 is 0 Å². The van der Waals surface area contributed by atoms with Crippen molar-refractivity contribution in [2.24, 2.45) is 0 Å². The van der Waals surface area contributed by atoms with Crippen LogP contribution in [0.1, 0.15) is 143 Å². The van der Waals surface area contributed by atoms with Crippen molar-refractivity contribution in [2.75, 3.05) is 24.6 Å². The first-order chi connectivity index (χ1) is 15.9. The zero-order chi connectivity index (χ0) is 24.7. The SMILES string of the molecule is C=COC(=O)CCP(Cl)(CCCCCCCC)(CCCCCCCC)CCCCCCCC. The first-order valence-corrected chi connectivity index (χ1v) is 18.3. The summed E-state index contributed by atoms with van der Waals surface area (Å²) >= 11 is 7.86. The van der Waals surface area contributed by atoms with Crippen molar-refractivity contribution >= 4 is 23.2 Å². The number of esters is 1. The molecule has 0 aromatic carbocycles. The van der Waals surface area contributed by atoms with Crippen LogP contribution in [0, 0.1) is 0 Å². The molecule has 0 spiro atoms. The summed E-state index contributed by atoms with van der Waals surface area (Å²) in [6.07, 6.45) is 29.5. The molecule has 0 aromatic heterocycles. The third kappa shape index (κ3) is 17.9. The van der Waals surface area contributed by atoms with E-state index in [0.717, 1.165) is 24.6 Å². The zero-order valence-electron chi connectivity index (χ0n) is 22.7. The van der Waals surface area contributed by atoms with E-state index < -0.39 is 5.96 Å². The Hall–Kier alpha value is -0.0700. The van der Waals surface area contributed by atoms with Crippen LogP contribution in [-0.2, 0) is 9.53 Å². The molecule has 0 unspecified atom stereocenters. The predicted molar refractivity (Wildman–Crippen MR) is 153 cm³/mol. The summed E-state index contributed by atoms with van der Waals surface area (Å²) < 4.78 is 5.08. The third-order valence-corrected chi connectivity index (χ3v) is 15.0. The van der Waals surface area contributed by atoms with Crippen molar-refractivity contribution in [2.45, 2.75) is 143 Å². The van der Waals surface area contributed by atoms with Crippen molar-refractivity contribution in [3.05, 3.63) is 12.8 Å². The quantitative estimate of drug-likeness (QED) is 0.0534. The maximum absolute atomic E-state index is 12.2. The molecule has 0 saturated heterocycles. The van der Waals surface area contributed by atoms with Gasteiger partial charge in [0.15, 0.2) is 0 Å². The molecule has 4 heteroatoms. The summed E-state index contributed by atoms with van der Waals surface area (Å²) in [7, 11) is 0. The standard InChI is InChI=1S/C29H58ClO2P/c1-5-9-12-15-18-21-25-33(30,28-24-29(31)32-8-4,26-22-19-16-13-10-6-2)27-23-20-17-14-11-7-3/h8H,4-7,9-28H2,1-3H3. The van der Waals surface area contributed by atoms with E-state index in [1.165, 1.54) is 122 Å². The van der Waals surface area contributed by atoms with E-state index in [9.17, 15) is 4.79 Å². The van der Waals surface area contributed by atoms with E-state index in [-0.39, 0.29) is 5.97 Å². The Morgan fingerprint density at radius 2 is 0.970 bits per heavy atom. The van der Waals surface area contributed by atoms with E-state index in [2.05, 4.69) is 27.4 Å². The number of halogens is 1. The van der Waals surface area contributed by atoms with Crippen molar-refractivity contribution in [3.8, 4) is 0 Å². The van der Waals surface area contributed by atoms with Gasteiger partial charge in [-0.1, -0.05) is 0 Å². The second kappa shape index (κ2) is 21.2. The fourth-order valence-corrected chi connectivity index (χ4v) is 11.5. The topological polar surface area (TPSA) is 26.3 Å². The van der Waals surface area contributed by atoms with Gasteiger partial charge in [0.05, 0.1) is 0 Å². The van der Waals surface area contributed by atoms with Crippen LogP contribution in [-0.4, -0.2) is 30.6 Å². The molecule has 33 heavy (non-hydrogen) atoms. The number of unbranched alkanes of at least 4 members (excludes halogenated alkanes) is 15. The number of carbonyl (C=O) groups excluding carboxylic acids is 1. The number of hydrogen-bond donors (Lipinski definition) is 0. The van der Waals surface area contributed by atoms with E-state index in [1.54, 1.807) is 0 Å². The van der Waals surface area contributed by atoms with Gasteiger partial charge in [0.2, 0.25) is 0 Å². The van der Waals surface area contributed by atoms with Crippen LogP contribution in [0.3, 0.4) is 0 Å². The Morgan fingerprint density at radius 3 is 1.30 bits per heavy atom. The molecule has 0 aliphatic carbocycles. The Kier molecular flexibility index (Phi) is 21.2. The van der Waals surface area contributed by atoms with E-state index >= 15 is 0 Å². The molecule has 0 atom stereocenters. The van der Waals surface area contributed by atoms with E-state index in [0.29, 0.717) is 6.42 Å². The van der Waals surface area contributed by atoms with Crippen molar-refractivity contribution in [1.82, 2.24) is 0 Å². The Bertz CT molecular complexity index is 437. The fourth-order valence-electron chi connectivity index (χ4n) is 5.06. The van der Waals surface area contributed by atoms with Gasteiger partial charge >= 0.3 is 213 Å². The van der Waals surface area contributed by atoms with Crippen LogP contribution in [0.5, 0.6) is 0 Å². The molecule has 0 heterocycles. The van der Waals surface area contributed by atoms with Gasteiger partial charge in [-0.3, -0.25) is 0 Å². The third-order valence-electron chi connectivity index (χ3n) is 7.30. The summed E-state index contributed by atoms with van der Waals surface area (Å²) in [5.41, 5.74) is 0. The van der Waals surface area contributed by atoms with Gasteiger partial charge in [0.25, 0.3) is 0 Å². The molecule has 0 amide bonds. The average molecular weight is 505 g/mol. The van der Waals surface area contributed by atoms with Crippen molar-refractivity contribution < 1.29 is 9.53 Å². The molecule has 0 radical (unpaired) electrons. The number of hydrogen-bond acceptors (Lipinski definition) is 2.